The first-order valence-corrected chi connectivity index (χ1v) is 8.41. The maximum Gasteiger partial charge on any atom is 0.209 e. The molecular formula is C15H25NO3S. The molecule has 2 N–H and O–H groups in total. The lowest BCUT2D eigenvalue weighted by Gasteiger charge is -2.30. The Hall–Kier alpha value is -1.07. The first kappa shape index (κ1) is 17.0. The first-order chi connectivity index (χ1) is 8.99. The topological polar surface area (TPSA) is 69.4 Å². The predicted octanol–water partition coefficient (Wildman–Crippen LogP) is 2.63. The van der Waals surface area contributed by atoms with Crippen LogP contribution in [0, 0.1) is 25.2 Å². The van der Waals surface area contributed by atoms with Crippen LogP contribution in [0.1, 0.15) is 31.9 Å². The Bertz CT molecular complexity index is 559. The minimum absolute atomic E-state index is 0.0681. The van der Waals surface area contributed by atoms with Gasteiger partial charge in [0, 0.05) is 5.92 Å². The van der Waals surface area contributed by atoms with E-state index >= 15 is 0 Å². The molecule has 1 aromatic carbocycles. The van der Waals surface area contributed by atoms with Crippen LogP contribution in [0.25, 0.3) is 0 Å². The van der Waals surface area contributed by atoms with Gasteiger partial charge in [0.1, 0.15) is 5.75 Å². The lowest BCUT2D eigenvalue weighted by Crippen LogP contribution is -2.35. The third-order valence-electron chi connectivity index (χ3n) is 3.44. The third kappa shape index (κ3) is 5.51. The molecule has 0 fully saturated rings. The molecule has 0 radical (unpaired) electrons. The molecule has 0 saturated carbocycles. The summed E-state index contributed by atoms with van der Waals surface area (Å²) >= 11 is 0. The van der Waals surface area contributed by atoms with Crippen molar-refractivity contribution in [2.24, 2.45) is 16.5 Å². The molecule has 0 heterocycles. The lowest BCUT2D eigenvalue weighted by atomic mass is 9.82. The number of aryl methyl sites for hydroxylation is 2. The van der Waals surface area contributed by atoms with E-state index in [1.807, 2.05) is 52.8 Å². The van der Waals surface area contributed by atoms with Gasteiger partial charge in [0.25, 0.3) is 0 Å². The third-order valence-corrected chi connectivity index (χ3v) is 4.31. The molecule has 20 heavy (non-hydrogen) atoms. The highest BCUT2D eigenvalue weighted by Gasteiger charge is 2.29. The molecule has 4 nitrogen and oxygen atoms in total. The van der Waals surface area contributed by atoms with Crippen molar-refractivity contribution in [1.29, 1.82) is 0 Å². The molecular weight excluding hydrogens is 274 g/mol. The van der Waals surface area contributed by atoms with Crippen molar-refractivity contribution in [1.82, 2.24) is 0 Å². The zero-order chi connectivity index (χ0) is 15.6. The Morgan fingerprint density at radius 3 is 2.35 bits per heavy atom. The summed E-state index contributed by atoms with van der Waals surface area (Å²) in [4.78, 5) is 0. The molecule has 0 aliphatic heterocycles. The number of nitrogens with two attached hydrogens (primary N) is 1. The highest BCUT2D eigenvalue weighted by molar-refractivity contribution is 7.89. The fraction of sp³-hybridized carbons (Fsp3) is 0.600. The highest BCUT2D eigenvalue weighted by Crippen LogP contribution is 2.28. The van der Waals surface area contributed by atoms with Gasteiger partial charge in [-0.05, 0) is 36.5 Å². The maximum atomic E-state index is 11.3. The van der Waals surface area contributed by atoms with Crippen LogP contribution in [0.4, 0.5) is 0 Å². The summed E-state index contributed by atoms with van der Waals surface area (Å²) in [6.45, 7) is 10.3. The largest absolute Gasteiger partial charge is 0.493 e. The first-order valence-electron chi connectivity index (χ1n) is 6.69. The molecule has 0 bridgehead atoms. The van der Waals surface area contributed by atoms with Gasteiger partial charge >= 0.3 is 0 Å². The molecule has 0 spiro atoms. The van der Waals surface area contributed by atoms with E-state index in [9.17, 15) is 8.42 Å². The van der Waals surface area contributed by atoms with Gasteiger partial charge in [-0.2, -0.15) is 0 Å². The van der Waals surface area contributed by atoms with Gasteiger partial charge in [0.05, 0.1) is 12.4 Å². The number of benzene rings is 1. The lowest BCUT2D eigenvalue weighted by molar-refractivity contribution is 0.162. The number of rotatable bonds is 5. The standard InChI is InChI=1S/C15H25NO3S/c1-11-6-7-12(2)14(8-11)19-9-13(15(3,4)5)10-20(16,17)18/h6-8,13H,9-10H2,1-5H3,(H2,16,17,18). The molecule has 0 saturated heterocycles. The minimum atomic E-state index is -3.51. The molecule has 0 aliphatic carbocycles. The number of sulfonamides is 1. The SMILES string of the molecule is Cc1ccc(C)c(OCC(CS(N)(=O)=O)C(C)(C)C)c1. The summed E-state index contributed by atoms with van der Waals surface area (Å²) in [6.07, 6.45) is 0. The molecule has 1 atom stereocenters. The van der Waals surface area contributed by atoms with Crippen molar-refractivity contribution < 1.29 is 13.2 Å². The van der Waals surface area contributed by atoms with E-state index in [0.717, 1.165) is 16.9 Å². The van der Waals surface area contributed by atoms with E-state index in [1.54, 1.807) is 0 Å². The molecule has 0 aliphatic rings. The smallest absolute Gasteiger partial charge is 0.209 e. The van der Waals surface area contributed by atoms with E-state index in [2.05, 4.69) is 0 Å². The van der Waals surface area contributed by atoms with Crippen LogP contribution in [0.2, 0.25) is 0 Å². The number of primary sulfonamides is 1. The Balaban J connectivity index is 2.84. The normalized spacial score (nSPS) is 14.1. The number of ether oxygens (including phenoxy) is 1. The van der Waals surface area contributed by atoms with Crippen LogP contribution in [0.5, 0.6) is 5.75 Å². The Morgan fingerprint density at radius 2 is 1.85 bits per heavy atom. The fourth-order valence-electron chi connectivity index (χ4n) is 1.88. The molecule has 1 unspecified atom stereocenters. The van der Waals surface area contributed by atoms with E-state index in [0.29, 0.717) is 6.61 Å². The van der Waals surface area contributed by atoms with Crippen LogP contribution in [-0.4, -0.2) is 20.8 Å². The molecule has 0 amide bonds. The summed E-state index contributed by atoms with van der Waals surface area (Å²) < 4.78 is 28.5. The van der Waals surface area contributed by atoms with Gasteiger partial charge in [0.15, 0.2) is 0 Å². The second kappa shape index (κ2) is 6.14. The van der Waals surface area contributed by atoms with E-state index in [4.69, 9.17) is 9.88 Å². The molecule has 0 aromatic heterocycles. The van der Waals surface area contributed by atoms with Gasteiger partial charge in [-0.25, -0.2) is 13.6 Å². The predicted molar refractivity (Wildman–Crippen MR) is 82.3 cm³/mol. The van der Waals surface area contributed by atoms with Gasteiger partial charge in [-0.1, -0.05) is 32.9 Å². The van der Waals surface area contributed by atoms with Gasteiger partial charge in [-0.15, -0.1) is 0 Å². The zero-order valence-electron chi connectivity index (χ0n) is 12.9. The summed E-state index contributed by atoms with van der Waals surface area (Å²) in [5, 5.41) is 5.17. The van der Waals surface area contributed by atoms with Crippen molar-refractivity contribution >= 4 is 10.0 Å². The van der Waals surface area contributed by atoms with Gasteiger partial charge < -0.3 is 4.74 Å². The summed E-state index contributed by atoms with van der Waals surface area (Å²) in [5.74, 6) is 0.576. The van der Waals surface area contributed by atoms with Crippen molar-refractivity contribution in [2.45, 2.75) is 34.6 Å². The highest BCUT2D eigenvalue weighted by atomic mass is 32.2. The van der Waals surface area contributed by atoms with Crippen LogP contribution < -0.4 is 9.88 Å². The van der Waals surface area contributed by atoms with Crippen LogP contribution >= 0.6 is 0 Å². The summed E-state index contributed by atoms with van der Waals surface area (Å²) in [7, 11) is -3.51. The Morgan fingerprint density at radius 1 is 1.25 bits per heavy atom. The van der Waals surface area contributed by atoms with Crippen molar-refractivity contribution in [3.63, 3.8) is 0 Å². The summed E-state index contributed by atoms with van der Waals surface area (Å²) in [6, 6.07) is 5.98. The monoisotopic (exact) mass is 299 g/mol. The second-order valence-corrected chi connectivity index (χ2v) is 8.13. The number of hydrogen-bond acceptors (Lipinski definition) is 3. The van der Waals surface area contributed by atoms with E-state index in [1.165, 1.54) is 0 Å². The van der Waals surface area contributed by atoms with Crippen molar-refractivity contribution in [2.75, 3.05) is 12.4 Å². The van der Waals surface area contributed by atoms with Crippen LogP contribution in [0.15, 0.2) is 18.2 Å². The van der Waals surface area contributed by atoms with Crippen molar-refractivity contribution in [3.05, 3.63) is 29.3 Å². The summed E-state index contributed by atoms with van der Waals surface area (Å²) in [5.41, 5.74) is 1.97. The molecule has 114 valence electrons. The fourth-order valence-corrected chi connectivity index (χ4v) is 3.04. The molecule has 1 rings (SSSR count). The van der Waals surface area contributed by atoms with Crippen LogP contribution in [0.3, 0.4) is 0 Å². The average molecular weight is 299 g/mol. The zero-order valence-corrected chi connectivity index (χ0v) is 13.8. The maximum absolute atomic E-state index is 11.3. The minimum Gasteiger partial charge on any atom is -0.493 e. The van der Waals surface area contributed by atoms with E-state index in [-0.39, 0.29) is 17.1 Å². The molecule has 5 heteroatoms. The quantitative estimate of drug-likeness (QED) is 0.908. The van der Waals surface area contributed by atoms with Crippen LogP contribution in [-0.2, 0) is 10.0 Å². The second-order valence-electron chi connectivity index (χ2n) is 6.47. The van der Waals surface area contributed by atoms with Gasteiger partial charge in [0.2, 0.25) is 10.0 Å². The van der Waals surface area contributed by atoms with Crippen molar-refractivity contribution in [3.8, 4) is 5.75 Å². The average Bonchev–Trinajstić information content (AvgIpc) is 2.25. The van der Waals surface area contributed by atoms with E-state index < -0.39 is 10.0 Å². The number of hydrogen-bond donors (Lipinski definition) is 1. The molecule has 1 aromatic rings. The Kier molecular flexibility index (Phi) is 5.21. The van der Waals surface area contributed by atoms with Gasteiger partial charge in [-0.3, -0.25) is 0 Å². The Labute approximate surface area is 122 Å².